The number of carbonyl (C=O) groups is 1. The number of nitrogens with zero attached hydrogens (tertiary/aromatic N) is 4. The minimum absolute atomic E-state index is 0.281. The second-order valence-electron chi connectivity index (χ2n) is 15.5. The highest BCUT2D eigenvalue weighted by atomic mass is 32.2. The molecule has 3 fully saturated rings. The van der Waals surface area contributed by atoms with Gasteiger partial charge in [0.15, 0.2) is 0 Å². The lowest BCUT2D eigenvalue weighted by atomic mass is 9.90. The van der Waals surface area contributed by atoms with Crippen LogP contribution < -0.4 is 20.4 Å². The van der Waals surface area contributed by atoms with Crippen molar-refractivity contribution in [3.63, 3.8) is 0 Å². The molecule has 1 atom stereocenters. The number of nitrogens with one attached hydrogen (secondary N) is 3. The zero-order valence-electron chi connectivity index (χ0n) is 32.5. The van der Waals surface area contributed by atoms with Gasteiger partial charge in [-0.05, 0) is 117 Å². The maximum Gasteiger partial charge on any atom is 0.279 e. The number of aryl methyl sites for hydroxylation is 1. The largest absolute Gasteiger partial charge is 0.455 e. The van der Waals surface area contributed by atoms with E-state index in [2.05, 4.69) is 66.9 Å². The number of rotatable bonds is 14. The first kappa shape index (κ1) is 38.9. The van der Waals surface area contributed by atoms with Gasteiger partial charge in [-0.3, -0.25) is 9.69 Å². The number of H-pyrrole nitrogens is 1. The molecular weight excluding hydrogens is 739 g/mol. The van der Waals surface area contributed by atoms with Crippen LogP contribution in [0.3, 0.4) is 0 Å². The summed E-state index contributed by atoms with van der Waals surface area (Å²) >= 11 is 0.937. The lowest BCUT2D eigenvalue weighted by Gasteiger charge is -2.41. The van der Waals surface area contributed by atoms with Gasteiger partial charge < -0.3 is 24.7 Å². The van der Waals surface area contributed by atoms with Crippen LogP contribution in [0.2, 0.25) is 0 Å². The van der Waals surface area contributed by atoms with Crippen molar-refractivity contribution < 1.29 is 18.6 Å². The van der Waals surface area contributed by atoms with Gasteiger partial charge in [0.25, 0.3) is 5.91 Å². The number of hydroxylamine groups is 1. The first-order valence-corrected chi connectivity index (χ1v) is 21.0. The summed E-state index contributed by atoms with van der Waals surface area (Å²) in [7, 11) is 0. The molecule has 0 saturated carbocycles. The van der Waals surface area contributed by atoms with Crippen molar-refractivity contribution in [1.82, 2.24) is 20.3 Å². The average Bonchev–Trinajstić information content (AvgIpc) is 3.72. The summed E-state index contributed by atoms with van der Waals surface area (Å²) in [4.78, 5) is 38.7. The summed E-state index contributed by atoms with van der Waals surface area (Å²) in [5, 5.41) is 7.48. The van der Waals surface area contributed by atoms with E-state index in [1.807, 2.05) is 42.6 Å². The number of ether oxygens (including phenoxy) is 2. The number of amides is 1. The molecule has 0 spiro atoms. The summed E-state index contributed by atoms with van der Waals surface area (Å²) < 4.78 is 17.5. The third-order valence-corrected chi connectivity index (χ3v) is 12.2. The summed E-state index contributed by atoms with van der Waals surface area (Å²) in [6.45, 7) is 8.56. The molecule has 3 N–H and O–H groups in total. The van der Waals surface area contributed by atoms with Crippen LogP contribution in [-0.4, -0.2) is 66.7 Å². The number of hydrogen-bond donors (Lipinski definition) is 3. The molecule has 3 aliphatic heterocycles. The molecule has 2 aromatic heterocycles. The highest BCUT2D eigenvalue weighted by Crippen LogP contribution is 2.36. The highest BCUT2D eigenvalue weighted by molar-refractivity contribution is 7.94. The van der Waals surface area contributed by atoms with Gasteiger partial charge in [0.05, 0.1) is 29.5 Å². The van der Waals surface area contributed by atoms with Gasteiger partial charge in [-0.1, -0.05) is 36.2 Å². The third kappa shape index (κ3) is 9.78. The quantitative estimate of drug-likeness (QED) is 0.0567. The number of fused-ring (bicyclic) bond motifs is 1. The third-order valence-electron chi connectivity index (χ3n) is 11.6. The first-order valence-electron chi connectivity index (χ1n) is 20.2. The Morgan fingerprint density at radius 2 is 1.79 bits per heavy atom. The lowest BCUT2D eigenvalue weighted by molar-refractivity contribution is 0.0699. The molecule has 5 aromatic rings. The van der Waals surface area contributed by atoms with Crippen LogP contribution in [0, 0.1) is 23.7 Å². The number of aromatic nitrogens is 2. The van der Waals surface area contributed by atoms with Crippen molar-refractivity contribution in [2.75, 3.05) is 56.2 Å². The normalized spacial score (nSPS) is 18.4. The monoisotopic (exact) mass is 789 g/mol. The molecule has 298 valence electrons. The Labute approximate surface area is 338 Å². The van der Waals surface area contributed by atoms with Crippen LogP contribution in [0.1, 0.15) is 72.5 Å². The van der Waals surface area contributed by atoms with Crippen molar-refractivity contribution in [2.24, 2.45) is 17.0 Å². The highest BCUT2D eigenvalue weighted by Gasteiger charge is 2.29. The number of carbonyl (C=O) groups excluding carboxylic acids is 1. The van der Waals surface area contributed by atoms with E-state index in [0.29, 0.717) is 45.5 Å². The fourth-order valence-corrected chi connectivity index (χ4v) is 8.81. The molecular formula is C44H51N7O5S. The molecule has 0 radical (unpaired) electrons. The van der Waals surface area contributed by atoms with E-state index < -0.39 is 5.91 Å². The smallest absolute Gasteiger partial charge is 0.279 e. The van der Waals surface area contributed by atoms with Crippen molar-refractivity contribution in [3.05, 3.63) is 107 Å². The van der Waals surface area contributed by atoms with E-state index in [4.69, 9.17) is 13.8 Å². The van der Waals surface area contributed by atoms with Crippen LogP contribution in [-0.2, 0) is 9.02 Å². The van der Waals surface area contributed by atoms with Gasteiger partial charge >= 0.3 is 0 Å². The molecule has 1 amide bonds. The minimum Gasteiger partial charge on any atom is -0.455 e. The van der Waals surface area contributed by atoms with Crippen molar-refractivity contribution in [3.8, 4) is 11.5 Å². The fraction of sp³-hybridized carbons (Fsp3) is 0.409. The number of aromatic amines is 1. The lowest BCUT2D eigenvalue weighted by Crippen LogP contribution is -2.41. The van der Waals surface area contributed by atoms with Gasteiger partial charge in [-0.15, -0.1) is 4.91 Å². The predicted molar refractivity (Wildman–Crippen MR) is 225 cm³/mol. The van der Waals surface area contributed by atoms with E-state index >= 15 is 0 Å². The molecule has 8 rings (SSSR count). The second-order valence-corrected chi connectivity index (χ2v) is 16.3. The average molecular weight is 790 g/mol. The Morgan fingerprint density at radius 3 is 2.61 bits per heavy atom. The molecule has 57 heavy (non-hydrogen) atoms. The number of anilines is 2. The van der Waals surface area contributed by atoms with Crippen molar-refractivity contribution in [1.29, 1.82) is 0 Å². The van der Waals surface area contributed by atoms with Crippen LogP contribution in [0.5, 0.6) is 11.5 Å². The summed E-state index contributed by atoms with van der Waals surface area (Å²) in [6, 6.07) is 24.4. The Balaban J connectivity index is 0.915. The van der Waals surface area contributed by atoms with Gasteiger partial charge in [-0.2, -0.15) is 4.28 Å². The summed E-state index contributed by atoms with van der Waals surface area (Å²) in [5.41, 5.74) is 8.32. The van der Waals surface area contributed by atoms with Crippen LogP contribution in [0.25, 0.3) is 11.0 Å². The molecule has 13 heteroatoms. The van der Waals surface area contributed by atoms with Crippen LogP contribution in [0.15, 0.2) is 95.3 Å². The predicted octanol–water partition coefficient (Wildman–Crippen LogP) is 9.71. The number of nitroso groups, excluding NO2 is 1. The number of piperidine rings is 2. The van der Waals surface area contributed by atoms with Crippen LogP contribution in [0.4, 0.5) is 17.1 Å². The molecule has 5 heterocycles. The van der Waals surface area contributed by atoms with Crippen molar-refractivity contribution in [2.45, 2.75) is 62.8 Å². The topological polar surface area (TPSA) is 133 Å². The fourth-order valence-electron chi connectivity index (χ4n) is 8.32. The van der Waals surface area contributed by atoms with E-state index in [1.165, 1.54) is 30.4 Å². The number of likely N-dealkylation sites (tertiary alicyclic amines) is 1. The molecule has 3 aliphatic rings. The van der Waals surface area contributed by atoms with E-state index in [-0.39, 0.29) is 5.69 Å². The van der Waals surface area contributed by atoms with Gasteiger partial charge in [-0.25, -0.2) is 10.5 Å². The molecule has 3 saturated heterocycles. The zero-order valence-corrected chi connectivity index (χ0v) is 33.3. The molecule has 1 unspecified atom stereocenters. The SMILES string of the molecule is Cc1ccc(C2CCCCN2CC2CCN(c3ccc(C(=O)NOSc4ccc(NCC5CCOCC5)c(N=O)c4)c(Oc4cnc5[nH]ccc5c4)c3)CC2)cc1. The van der Waals surface area contributed by atoms with Crippen molar-refractivity contribution >= 4 is 46.0 Å². The summed E-state index contributed by atoms with van der Waals surface area (Å²) in [6.07, 6.45) is 11.4. The zero-order chi connectivity index (χ0) is 39.0. The Morgan fingerprint density at radius 1 is 0.947 bits per heavy atom. The maximum absolute atomic E-state index is 13.6. The minimum atomic E-state index is -0.466. The van der Waals surface area contributed by atoms with Crippen LogP contribution >= 0.6 is 12.0 Å². The Bertz CT molecular complexity index is 2130. The number of benzene rings is 3. The molecule has 3 aromatic carbocycles. The summed E-state index contributed by atoms with van der Waals surface area (Å²) in [5.74, 6) is 1.57. The van der Waals surface area contributed by atoms with Gasteiger partial charge in [0.1, 0.15) is 22.8 Å². The Kier molecular flexibility index (Phi) is 12.7. The number of hydrogen-bond acceptors (Lipinski definition) is 11. The van der Waals surface area contributed by atoms with E-state index in [9.17, 15) is 9.70 Å². The first-order chi connectivity index (χ1) is 28.0. The molecule has 12 nitrogen and oxygen atoms in total. The van der Waals surface area contributed by atoms with Gasteiger partial charge in [0, 0.05) is 73.7 Å². The standard InChI is InChI=1S/C44H51N7O5S/c1-30-5-7-33(8-6-30)41-4-2-3-19-51(41)29-32-14-20-50(21-15-32)35-9-11-38(42(25-35)55-36-24-34-13-18-45-43(34)47-28-36)44(52)49-56-57-37-10-12-39(40(26-37)48-53)46-27-31-16-22-54-23-17-31/h5-13,18,24-26,28,31-32,41,46H,2-4,14-17,19-23,27,29H2,1H3,(H,45,47)(H,49,52). The Hall–Kier alpha value is -4.95. The van der Waals surface area contributed by atoms with Gasteiger partial charge in [0.2, 0.25) is 0 Å². The maximum atomic E-state index is 13.6. The van der Waals surface area contributed by atoms with E-state index in [1.54, 1.807) is 18.3 Å². The second kappa shape index (κ2) is 18.5. The molecule has 0 aliphatic carbocycles. The number of pyridine rings is 1. The molecule has 0 bridgehead atoms. The van der Waals surface area contributed by atoms with E-state index in [0.717, 1.165) is 100 Å².